The van der Waals surface area contributed by atoms with Gasteiger partial charge in [-0.15, -0.1) is 11.3 Å². The van der Waals surface area contributed by atoms with E-state index in [4.69, 9.17) is 23.2 Å². The fourth-order valence-electron chi connectivity index (χ4n) is 1.74. The van der Waals surface area contributed by atoms with Gasteiger partial charge in [0.2, 0.25) is 0 Å². The quantitative estimate of drug-likeness (QED) is 0.681. The first-order chi connectivity index (χ1) is 9.69. The molecule has 0 aliphatic rings. The molecule has 3 aromatic rings. The molecule has 0 amide bonds. The van der Waals surface area contributed by atoms with Gasteiger partial charge in [-0.05, 0) is 18.2 Å². The van der Waals surface area contributed by atoms with E-state index in [1.165, 1.54) is 11.3 Å². The van der Waals surface area contributed by atoms with Gasteiger partial charge >= 0.3 is 0 Å². The number of hydrogen-bond donors (Lipinski definition) is 0. The molecule has 0 aliphatic heterocycles. The van der Waals surface area contributed by atoms with Gasteiger partial charge in [-0.3, -0.25) is 4.79 Å². The first-order valence-electron chi connectivity index (χ1n) is 5.59. The van der Waals surface area contributed by atoms with E-state index in [9.17, 15) is 4.79 Å². The third-order valence-electron chi connectivity index (χ3n) is 2.67. The summed E-state index contributed by atoms with van der Waals surface area (Å²) >= 11 is 13.3. The molecule has 0 unspecified atom stereocenters. The maximum Gasteiger partial charge on any atom is 0.153 e. The first-order valence-corrected chi connectivity index (χ1v) is 7.23. The Labute approximate surface area is 128 Å². The molecule has 0 N–H and O–H groups in total. The van der Waals surface area contributed by atoms with E-state index in [-0.39, 0.29) is 0 Å². The second-order valence-electron chi connectivity index (χ2n) is 3.93. The Bertz CT molecular complexity index is 768. The molecule has 20 heavy (non-hydrogen) atoms. The molecule has 0 saturated carbocycles. The molecule has 100 valence electrons. The summed E-state index contributed by atoms with van der Waals surface area (Å²) in [5.74, 6) is 0. The van der Waals surface area contributed by atoms with Crippen molar-refractivity contribution in [2.45, 2.75) is 0 Å². The summed E-state index contributed by atoms with van der Waals surface area (Å²) in [5.41, 5.74) is 1.76. The van der Waals surface area contributed by atoms with E-state index in [1.54, 1.807) is 35.3 Å². The number of aldehydes is 1. The molecule has 0 aliphatic carbocycles. The molecule has 4 nitrogen and oxygen atoms in total. The SMILES string of the molecule is O=Cc1cn(-c2ccc(Cl)c(Cl)c2)nc1-c1nccs1. The highest BCUT2D eigenvalue weighted by Crippen LogP contribution is 2.27. The molecule has 0 radical (unpaired) electrons. The second-order valence-corrected chi connectivity index (χ2v) is 5.64. The summed E-state index contributed by atoms with van der Waals surface area (Å²) in [6, 6.07) is 5.16. The smallest absolute Gasteiger partial charge is 0.153 e. The zero-order valence-electron chi connectivity index (χ0n) is 9.96. The summed E-state index contributed by atoms with van der Waals surface area (Å²) in [6.07, 6.45) is 4.08. The van der Waals surface area contributed by atoms with Crippen LogP contribution in [-0.2, 0) is 0 Å². The van der Waals surface area contributed by atoms with E-state index in [0.29, 0.717) is 26.3 Å². The summed E-state index contributed by atoms with van der Waals surface area (Å²) in [4.78, 5) is 15.3. The number of rotatable bonds is 3. The van der Waals surface area contributed by atoms with Crippen LogP contribution in [0.4, 0.5) is 0 Å². The Balaban J connectivity index is 2.11. The minimum atomic E-state index is 0.433. The van der Waals surface area contributed by atoms with E-state index in [1.807, 2.05) is 5.38 Å². The van der Waals surface area contributed by atoms with Crippen LogP contribution in [0.2, 0.25) is 10.0 Å². The van der Waals surface area contributed by atoms with Gasteiger partial charge in [0.25, 0.3) is 0 Å². The van der Waals surface area contributed by atoms with Crippen molar-refractivity contribution in [3.8, 4) is 16.4 Å². The Kier molecular flexibility index (Phi) is 3.56. The van der Waals surface area contributed by atoms with Crippen molar-refractivity contribution >= 4 is 40.8 Å². The Morgan fingerprint density at radius 3 is 2.75 bits per heavy atom. The number of aromatic nitrogens is 3. The van der Waals surface area contributed by atoms with Gasteiger partial charge < -0.3 is 0 Å². The highest BCUT2D eigenvalue weighted by atomic mass is 35.5. The predicted molar refractivity (Wildman–Crippen MR) is 80.1 cm³/mol. The van der Waals surface area contributed by atoms with Crippen LogP contribution in [0.1, 0.15) is 10.4 Å². The molecule has 7 heteroatoms. The molecule has 0 fully saturated rings. The largest absolute Gasteiger partial charge is 0.298 e. The Hall–Kier alpha value is -1.69. The van der Waals surface area contributed by atoms with E-state index >= 15 is 0 Å². The van der Waals surface area contributed by atoms with Crippen LogP contribution in [0.15, 0.2) is 36.0 Å². The number of benzene rings is 1. The van der Waals surface area contributed by atoms with E-state index in [2.05, 4.69) is 10.1 Å². The third kappa shape index (κ3) is 2.35. The average molecular weight is 324 g/mol. The van der Waals surface area contributed by atoms with Crippen molar-refractivity contribution < 1.29 is 4.79 Å². The summed E-state index contributed by atoms with van der Waals surface area (Å²) in [6.45, 7) is 0. The van der Waals surface area contributed by atoms with Gasteiger partial charge in [0.15, 0.2) is 6.29 Å². The van der Waals surface area contributed by atoms with Crippen molar-refractivity contribution in [3.05, 3.63) is 51.6 Å². The Morgan fingerprint density at radius 1 is 1.25 bits per heavy atom. The third-order valence-corrected chi connectivity index (χ3v) is 4.19. The molecular weight excluding hydrogens is 317 g/mol. The topological polar surface area (TPSA) is 47.8 Å². The number of hydrogen-bond acceptors (Lipinski definition) is 4. The first kappa shape index (κ1) is 13.3. The molecule has 0 atom stereocenters. The lowest BCUT2D eigenvalue weighted by molar-refractivity contribution is 0.112. The van der Waals surface area contributed by atoms with Gasteiger partial charge in [0, 0.05) is 17.8 Å². The monoisotopic (exact) mass is 323 g/mol. The Morgan fingerprint density at radius 2 is 2.10 bits per heavy atom. The number of halogens is 2. The predicted octanol–water partition coefficient (Wildman–Crippen LogP) is 4.12. The highest BCUT2D eigenvalue weighted by Gasteiger charge is 2.14. The number of nitrogens with zero attached hydrogens (tertiary/aromatic N) is 3. The van der Waals surface area contributed by atoms with Crippen molar-refractivity contribution in [2.75, 3.05) is 0 Å². The summed E-state index contributed by atoms with van der Waals surface area (Å²) < 4.78 is 1.59. The molecule has 0 bridgehead atoms. The van der Waals surface area contributed by atoms with Crippen LogP contribution in [-0.4, -0.2) is 21.1 Å². The van der Waals surface area contributed by atoms with Crippen LogP contribution in [0, 0.1) is 0 Å². The van der Waals surface area contributed by atoms with Gasteiger partial charge in [0.1, 0.15) is 10.7 Å². The summed E-state index contributed by atoms with van der Waals surface area (Å²) in [5, 5.41) is 7.84. The summed E-state index contributed by atoms with van der Waals surface area (Å²) in [7, 11) is 0. The average Bonchev–Trinajstić information content (AvgIpc) is 3.09. The normalized spacial score (nSPS) is 10.7. The minimum Gasteiger partial charge on any atom is -0.298 e. The van der Waals surface area contributed by atoms with Crippen molar-refractivity contribution in [1.82, 2.24) is 14.8 Å². The molecule has 2 heterocycles. The zero-order valence-corrected chi connectivity index (χ0v) is 12.3. The maximum absolute atomic E-state index is 11.2. The molecule has 1 aromatic carbocycles. The van der Waals surface area contributed by atoms with Crippen molar-refractivity contribution in [2.24, 2.45) is 0 Å². The minimum absolute atomic E-state index is 0.433. The highest BCUT2D eigenvalue weighted by molar-refractivity contribution is 7.13. The van der Waals surface area contributed by atoms with Gasteiger partial charge in [-0.25, -0.2) is 9.67 Å². The fraction of sp³-hybridized carbons (Fsp3) is 0. The van der Waals surface area contributed by atoms with Crippen LogP contribution in [0.5, 0.6) is 0 Å². The maximum atomic E-state index is 11.2. The lowest BCUT2D eigenvalue weighted by atomic mass is 10.3. The van der Waals surface area contributed by atoms with Crippen LogP contribution >= 0.6 is 34.5 Å². The number of thiazole rings is 1. The zero-order chi connectivity index (χ0) is 14.1. The van der Waals surface area contributed by atoms with E-state index in [0.717, 1.165) is 12.0 Å². The lowest BCUT2D eigenvalue weighted by Crippen LogP contribution is -1.94. The van der Waals surface area contributed by atoms with Crippen molar-refractivity contribution in [1.29, 1.82) is 0 Å². The van der Waals surface area contributed by atoms with Crippen LogP contribution < -0.4 is 0 Å². The molecular formula is C13H7Cl2N3OS. The molecule has 3 rings (SSSR count). The lowest BCUT2D eigenvalue weighted by Gasteiger charge is -2.02. The standard InChI is InChI=1S/C13H7Cl2N3OS/c14-10-2-1-9(5-11(10)15)18-6-8(7-19)12(17-18)13-16-3-4-20-13/h1-7H. The molecule has 0 spiro atoms. The van der Waals surface area contributed by atoms with Crippen LogP contribution in [0.25, 0.3) is 16.4 Å². The van der Waals surface area contributed by atoms with Gasteiger partial charge in [-0.2, -0.15) is 5.10 Å². The van der Waals surface area contributed by atoms with Crippen molar-refractivity contribution in [3.63, 3.8) is 0 Å². The van der Waals surface area contributed by atoms with Crippen LogP contribution in [0.3, 0.4) is 0 Å². The molecule has 2 aromatic heterocycles. The second kappa shape index (κ2) is 5.36. The van der Waals surface area contributed by atoms with Gasteiger partial charge in [0.05, 0.1) is 21.3 Å². The van der Waals surface area contributed by atoms with Gasteiger partial charge in [-0.1, -0.05) is 23.2 Å². The number of carbonyl (C=O) groups excluding carboxylic acids is 1. The molecule has 0 saturated heterocycles. The number of carbonyl (C=O) groups is 1. The van der Waals surface area contributed by atoms with E-state index < -0.39 is 0 Å². The fourth-order valence-corrected chi connectivity index (χ4v) is 2.67.